The van der Waals surface area contributed by atoms with Crippen molar-refractivity contribution in [2.75, 3.05) is 13.1 Å². The van der Waals surface area contributed by atoms with Crippen LogP contribution >= 0.6 is 0 Å². The molecule has 0 aromatic heterocycles. The lowest BCUT2D eigenvalue weighted by atomic mass is 9.83. The first kappa shape index (κ1) is 38.7. The molecule has 0 radical (unpaired) electrons. The Hall–Kier alpha value is -3.45. The lowest BCUT2D eigenvalue weighted by molar-refractivity contribution is -0.143. The van der Waals surface area contributed by atoms with E-state index < -0.39 is 60.4 Å². The predicted octanol–water partition coefficient (Wildman–Crippen LogP) is 3.56. The second kappa shape index (κ2) is 18.0. The first-order chi connectivity index (χ1) is 21.6. The molecule has 4 unspecified atom stereocenters. The fraction of sp³-hybridized carbons (Fsp3) is 0.750. The summed E-state index contributed by atoms with van der Waals surface area (Å²) in [5.74, 6) is -2.59. The molecule has 1 aliphatic heterocycles. The number of carbonyl (C=O) groups is 6. The summed E-state index contributed by atoms with van der Waals surface area (Å²) in [7, 11) is 0. The van der Waals surface area contributed by atoms with Crippen LogP contribution in [0.4, 0.5) is 18.0 Å². The van der Waals surface area contributed by atoms with Crippen molar-refractivity contribution in [3.05, 3.63) is 12.7 Å². The highest BCUT2D eigenvalue weighted by molar-refractivity contribution is 6.38. The van der Waals surface area contributed by atoms with Gasteiger partial charge in [-0.2, -0.15) is 13.2 Å². The summed E-state index contributed by atoms with van der Waals surface area (Å²) in [5.41, 5.74) is 0. The number of ketones is 2. The highest BCUT2D eigenvalue weighted by Gasteiger charge is 2.42. The van der Waals surface area contributed by atoms with Gasteiger partial charge in [-0.25, -0.2) is 4.79 Å². The summed E-state index contributed by atoms with van der Waals surface area (Å²) < 4.78 is 32.4. The fourth-order valence-electron chi connectivity index (χ4n) is 5.67. The van der Waals surface area contributed by atoms with Gasteiger partial charge >= 0.3 is 12.2 Å². The molecule has 0 aromatic carbocycles. The molecule has 260 valence electrons. The maximum Gasteiger partial charge on any atom is 0.388 e. The summed E-state index contributed by atoms with van der Waals surface area (Å²) in [6, 6.07) is -3.88. The molecular weight excluding hydrogens is 607 g/mol. The first-order valence-electron chi connectivity index (χ1n) is 16.3. The Morgan fingerprint density at radius 1 is 0.891 bits per heavy atom. The van der Waals surface area contributed by atoms with Crippen molar-refractivity contribution in [3.8, 4) is 0 Å². The largest absolute Gasteiger partial charge is 0.388 e. The predicted molar refractivity (Wildman–Crippen MR) is 165 cm³/mol. The Kier molecular flexibility index (Phi) is 15.2. The zero-order valence-corrected chi connectivity index (χ0v) is 27.3. The van der Waals surface area contributed by atoms with Crippen LogP contribution in [0.5, 0.6) is 0 Å². The van der Waals surface area contributed by atoms with Gasteiger partial charge in [0.25, 0.3) is 5.91 Å². The van der Waals surface area contributed by atoms with Crippen molar-refractivity contribution in [2.24, 2.45) is 17.8 Å². The van der Waals surface area contributed by atoms with E-state index in [0.717, 1.165) is 51.9 Å². The maximum absolute atomic E-state index is 13.9. The van der Waals surface area contributed by atoms with E-state index in [2.05, 4.69) is 27.8 Å². The minimum atomic E-state index is -3.96. The monoisotopic (exact) mass is 657 g/mol. The van der Waals surface area contributed by atoms with Crippen LogP contribution in [0.3, 0.4) is 0 Å². The first-order valence-corrected chi connectivity index (χ1v) is 16.3. The molecule has 14 heteroatoms. The number of likely N-dealkylation sites (tertiary alicyclic amines) is 1. The van der Waals surface area contributed by atoms with E-state index in [9.17, 15) is 41.9 Å². The van der Waals surface area contributed by atoms with Crippen molar-refractivity contribution in [1.82, 2.24) is 26.2 Å². The zero-order chi connectivity index (χ0) is 34.6. The minimum Gasteiger partial charge on any atom is -0.346 e. The lowest BCUT2D eigenvalue weighted by Crippen LogP contribution is -2.60. The Bertz CT molecular complexity index is 1100. The molecule has 0 spiro atoms. The molecule has 11 nitrogen and oxygen atoms in total. The van der Waals surface area contributed by atoms with Gasteiger partial charge in [0.15, 0.2) is 5.78 Å². The molecular formula is C32H50F3N5O6. The second-order valence-electron chi connectivity index (χ2n) is 12.6. The van der Waals surface area contributed by atoms with Crippen molar-refractivity contribution in [3.63, 3.8) is 0 Å². The van der Waals surface area contributed by atoms with Crippen LogP contribution in [0.2, 0.25) is 0 Å². The average molecular weight is 658 g/mol. The number of urea groups is 1. The molecule has 46 heavy (non-hydrogen) atoms. The minimum absolute atomic E-state index is 0.00493. The van der Waals surface area contributed by atoms with Crippen LogP contribution in [0, 0.1) is 17.8 Å². The third kappa shape index (κ3) is 12.1. The van der Waals surface area contributed by atoms with E-state index in [1.165, 1.54) is 17.9 Å². The quantitative estimate of drug-likeness (QED) is 0.176. The summed E-state index contributed by atoms with van der Waals surface area (Å²) in [6.45, 7) is 10.3. The number of nitrogens with one attached hydrogen (secondary N) is 4. The van der Waals surface area contributed by atoms with Crippen molar-refractivity contribution >= 4 is 35.3 Å². The third-order valence-electron chi connectivity index (χ3n) is 8.54. The van der Waals surface area contributed by atoms with E-state index in [1.807, 2.05) is 13.8 Å². The summed E-state index contributed by atoms with van der Waals surface area (Å²) in [6.07, 6.45) is 3.98. The molecule has 4 N–H and O–H groups in total. The second-order valence-corrected chi connectivity index (χ2v) is 12.6. The van der Waals surface area contributed by atoms with Gasteiger partial charge in [0.1, 0.15) is 12.1 Å². The lowest BCUT2D eigenvalue weighted by Gasteiger charge is -2.35. The number of hydrogen-bond acceptors (Lipinski definition) is 6. The number of Topliss-reactive ketones (excluding diaryl/α,β-unsaturated/α-hetero) is 2. The van der Waals surface area contributed by atoms with E-state index in [1.54, 1.807) is 0 Å². The number of halogens is 3. The summed E-state index contributed by atoms with van der Waals surface area (Å²) in [4.78, 5) is 78.8. The number of amides is 5. The van der Waals surface area contributed by atoms with Crippen LogP contribution in [0.1, 0.15) is 91.9 Å². The Labute approximate surface area is 269 Å². The van der Waals surface area contributed by atoms with Crippen LogP contribution in [0.25, 0.3) is 0 Å². The molecule has 2 aliphatic carbocycles. The van der Waals surface area contributed by atoms with Crippen molar-refractivity contribution in [1.29, 1.82) is 0 Å². The molecule has 1 saturated heterocycles. The number of rotatable bonds is 13. The van der Waals surface area contributed by atoms with Crippen LogP contribution < -0.4 is 21.3 Å². The van der Waals surface area contributed by atoms with Gasteiger partial charge in [-0.05, 0) is 57.3 Å². The van der Waals surface area contributed by atoms with Gasteiger partial charge in [0, 0.05) is 25.4 Å². The third-order valence-corrected chi connectivity index (χ3v) is 8.54. The fourth-order valence-corrected chi connectivity index (χ4v) is 5.67. The Balaban J connectivity index is 0.00000112. The Morgan fingerprint density at radius 2 is 1.50 bits per heavy atom. The van der Waals surface area contributed by atoms with Gasteiger partial charge in [-0.1, -0.05) is 46.1 Å². The molecule has 3 rings (SSSR count). The van der Waals surface area contributed by atoms with Gasteiger partial charge in [-0.3, -0.25) is 24.0 Å². The van der Waals surface area contributed by atoms with Gasteiger partial charge in [0.2, 0.25) is 17.6 Å². The molecule has 4 atom stereocenters. The molecule has 3 fully saturated rings. The number of carbonyl (C=O) groups excluding carboxylic acids is 6. The number of hydrogen-bond donors (Lipinski definition) is 4. The highest BCUT2D eigenvalue weighted by atomic mass is 19.4. The van der Waals surface area contributed by atoms with Gasteiger partial charge < -0.3 is 26.2 Å². The zero-order valence-electron chi connectivity index (χ0n) is 27.3. The molecule has 5 amide bonds. The molecule has 0 aromatic rings. The number of alkyl halides is 3. The molecule has 2 saturated carbocycles. The molecule has 3 aliphatic rings. The molecule has 0 bridgehead atoms. The van der Waals surface area contributed by atoms with Gasteiger partial charge in [-0.15, -0.1) is 6.58 Å². The van der Waals surface area contributed by atoms with Crippen LogP contribution in [-0.2, 0) is 24.0 Å². The van der Waals surface area contributed by atoms with Crippen molar-refractivity contribution in [2.45, 2.75) is 122 Å². The smallest absolute Gasteiger partial charge is 0.346 e. The Morgan fingerprint density at radius 3 is 2.02 bits per heavy atom. The van der Waals surface area contributed by atoms with E-state index in [0.29, 0.717) is 19.4 Å². The average Bonchev–Trinajstić information content (AvgIpc) is 3.76. The molecule has 1 heterocycles. The van der Waals surface area contributed by atoms with Crippen molar-refractivity contribution < 1.29 is 41.9 Å². The SMILES string of the molecule is C=CCNC(=O)C(=O)C(C)NC(=O)C1CCCN1C(=O)C(NC(=O)NC(C(=O)C1CC1)C(C)C)C1CCCCC1.CCC(F)(F)F. The standard InChI is InChI=1S/C29H45N5O6.C3H5F3/c1-5-15-30-27(38)24(35)18(4)31-26(37)21-12-9-16-34(21)28(39)23(19-10-7-6-8-11-19)33-29(40)32-22(17(2)3)25(36)20-13-14-20;1-2-3(4,5)6/h5,17-23H,1,6-16H2,2-4H3,(H,30,38)(H,31,37)(H2,32,33,40);2H2,1H3. The van der Waals surface area contributed by atoms with Gasteiger partial charge in [0.05, 0.1) is 12.1 Å². The van der Waals surface area contributed by atoms with E-state index >= 15 is 0 Å². The van der Waals surface area contributed by atoms with Crippen LogP contribution in [0.15, 0.2) is 12.7 Å². The maximum atomic E-state index is 13.9. The topological polar surface area (TPSA) is 154 Å². The summed E-state index contributed by atoms with van der Waals surface area (Å²) >= 11 is 0. The summed E-state index contributed by atoms with van der Waals surface area (Å²) in [5, 5.41) is 10.7. The van der Waals surface area contributed by atoms with E-state index in [4.69, 9.17) is 0 Å². The normalized spacial score (nSPS) is 20.3. The van der Waals surface area contributed by atoms with Crippen LogP contribution in [-0.4, -0.2) is 83.7 Å². The van der Waals surface area contributed by atoms with E-state index in [-0.39, 0.29) is 36.0 Å². The number of nitrogens with zero attached hydrogens (tertiary/aromatic N) is 1. The highest BCUT2D eigenvalue weighted by Crippen LogP contribution is 2.32.